The summed E-state index contributed by atoms with van der Waals surface area (Å²) in [4.78, 5) is 0. The minimum Gasteiger partial charge on any atom is -0.310 e. The molecule has 1 nitrogen and oxygen atoms in total. The number of benzene rings is 1. The van der Waals surface area contributed by atoms with Gasteiger partial charge < -0.3 is 5.32 Å². The third-order valence-electron chi connectivity index (χ3n) is 2.88. The zero-order valence-corrected chi connectivity index (χ0v) is 10.2. The van der Waals surface area contributed by atoms with E-state index in [1.165, 1.54) is 0 Å². The number of hydrogen-bond donors (Lipinski definition) is 1. The average molecular weight is 306 g/mol. The molecule has 0 spiro atoms. The largest absolute Gasteiger partial charge is 0.416 e. The van der Waals surface area contributed by atoms with Crippen molar-refractivity contribution in [1.29, 1.82) is 0 Å². The Balaban J connectivity index is 0.00000180. The van der Waals surface area contributed by atoms with Gasteiger partial charge in [-0.05, 0) is 36.7 Å². The van der Waals surface area contributed by atoms with Crippen LogP contribution in [0, 0.1) is 0 Å². The number of alkyl halides is 6. The molecular formula is C11H10ClF6N. The van der Waals surface area contributed by atoms with Crippen molar-refractivity contribution in [3.8, 4) is 0 Å². The van der Waals surface area contributed by atoms with Gasteiger partial charge in [-0.3, -0.25) is 0 Å². The van der Waals surface area contributed by atoms with Crippen molar-refractivity contribution in [2.75, 3.05) is 6.54 Å². The molecule has 1 aromatic carbocycles. The van der Waals surface area contributed by atoms with E-state index in [2.05, 4.69) is 5.32 Å². The van der Waals surface area contributed by atoms with E-state index in [1.54, 1.807) is 0 Å². The summed E-state index contributed by atoms with van der Waals surface area (Å²) in [5.41, 5.74) is -2.39. The van der Waals surface area contributed by atoms with E-state index >= 15 is 0 Å². The first-order chi connectivity index (χ1) is 8.19. The summed E-state index contributed by atoms with van der Waals surface area (Å²) in [6.07, 6.45) is -8.87. The van der Waals surface area contributed by atoms with Crippen molar-refractivity contribution in [1.82, 2.24) is 5.32 Å². The third-order valence-corrected chi connectivity index (χ3v) is 2.88. The molecule has 0 radical (unpaired) electrons. The van der Waals surface area contributed by atoms with Gasteiger partial charge in [-0.1, -0.05) is 0 Å². The second-order valence-electron chi connectivity index (χ2n) is 4.09. The molecule has 1 aliphatic heterocycles. The molecule has 1 fully saturated rings. The highest BCUT2D eigenvalue weighted by Crippen LogP contribution is 2.40. The summed E-state index contributed by atoms with van der Waals surface area (Å²) in [7, 11) is 0. The number of halogens is 7. The topological polar surface area (TPSA) is 12.0 Å². The molecule has 0 bridgehead atoms. The van der Waals surface area contributed by atoms with Crippen LogP contribution in [0.1, 0.15) is 29.2 Å². The van der Waals surface area contributed by atoms with E-state index in [9.17, 15) is 26.3 Å². The molecule has 0 unspecified atom stereocenters. The first-order valence-corrected chi connectivity index (χ1v) is 5.21. The van der Waals surface area contributed by atoms with Crippen LogP contribution in [-0.2, 0) is 12.4 Å². The monoisotopic (exact) mass is 305 g/mol. The predicted molar refractivity (Wildman–Crippen MR) is 59.1 cm³/mol. The van der Waals surface area contributed by atoms with Crippen molar-refractivity contribution >= 4 is 12.4 Å². The standard InChI is InChI=1S/C11H9F6N.ClH/c12-10(13,14)6-1-2-8(11(15,16)17)7(5-6)9-3-4-18-9;/h1-2,5,9,18H,3-4H2;1H/t9-;/m0./s1. The lowest BCUT2D eigenvalue weighted by Gasteiger charge is -2.30. The Kier molecular flexibility index (Phi) is 4.41. The Morgan fingerprint density at radius 1 is 1.00 bits per heavy atom. The third kappa shape index (κ3) is 3.33. The SMILES string of the molecule is Cl.FC(F)(F)c1ccc(C(F)(F)F)c([C@@H]2CCN2)c1. The van der Waals surface area contributed by atoms with Gasteiger partial charge in [0.2, 0.25) is 0 Å². The molecule has 0 saturated carbocycles. The molecule has 8 heteroatoms. The Morgan fingerprint density at radius 3 is 1.95 bits per heavy atom. The first kappa shape index (κ1) is 16.1. The van der Waals surface area contributed by atoms with Crippen LogP contribution in [0.5, 0.6) is 0 Å². The smallest absolute Gasteiger partial charge is 0.310 e. The van der Waals surface area contributed by atoms with Crippen molar-refractivity contribution in [2.24, 2.45) is 0 Å². The molecule has 0 amide bonds. The van der Waals surface area contributed by atoms with Crippen LogP contribution in [0.15, 0.2) is 18.2 Å². The molecule has 0 aliphatic carbocycles. The second-order valence-corrected chi connectivity index (χ2v) is 4.09. The highest BCUT2D eigenvalue weighted by atomic mass is 35.5. The van der Waals surface area contributed by atoms with Crippen LogP contribution in [0.3, 0.4) is 0 Å². The minimum atomic E-state index is -4.64. The van der Waals surface area contributed by atoms with Crippen molar-refractivity contribution in [3.05, 3.63) is 34.9 Å². The maximum Gasteiger partial charge on any atom is 0.416 e. The molecule has 1 heterocycles. The molecule has 108 valence electrons. The van der Waals surface area contributed by atoms with Crippen LogP contribution in [0.2, 0.25) is 0 Å². The van der Waals surface area contributed by atoms with Crippen LogP contribution in [-0.4, -0.2) is 6.54 Å². The molecule has 2 rings (SSSR count). The lowest BCUT2D eigenvalue weighted by molar-refractivity contribution is -0.142. The first-order valence-electron chi connectivity index (χ1n) is 5.21. The lowest BCUT2D eigenvalue weighted by atomic mass is 9.91. The zero-order chi connectivity index (χ0) is 13.6. The molecule has 1 N–H and O–H groups in total. The summed E-state index contributed by atoms with van der Waals surface area (Å²) in [5, 5.41) is 2.69. The van der Waals surface area contributed by atoms with Crippen LogP contribution in [0.25, 0.3) is 0 Å². The molecule has 1 aliphatic rings. The Hall–Kier alpha value is -0.950. The second kappa shape index (κ2) is 5.20. The van der Waals surface area contributed by atoms with E-state index in [4.69, 9.17) is 0 Å². The van der Waals surface area contributed by atoms with Gasteiger partial charge >= 0.3 is 12.4 Å². The number of nitrogens with one attached hydrogen (secondary N) is 1. The summed E-state index contributed by atoms with van der Waals surface area (Å²) in [6, 6.07) is 0.895. The zero-order valence-electron chi connectivity index (χ0n) is 9.40. The molecule has 1 saturated heterocycles. The quantitative estimate of drug-likeness (QED) is 0.768. The summed E-state index contributed by atoms with van der Waals surface area (Å²) in [6.45, 7) is 0.512. The van der Waals surface area contributed by atoms with Gasteiger partial charge in [-0.2, -0.15) is 26.3 Å². The van der Waals surface area contributed by atoms with Gasteiger partial charge in [0.05, 0.1) is 11.1 Å². The van der Waals surface area contributed by atoms with Gasteiger partial charge in [0, 0.05) is 6.04 Å². The van der Waals surface area contributed by atoms with Gasteiger partial charge in [0.15, 0.2) is 0 Å². The highest BCUT2D eigenvalue weighted by Gasteiger charge is 2.39. The van der Waals surface area contributed by atoms with E-state index in [0.717, 1.165) is 0 Å². The Morgan fingerprint density at radius 2 is 1.58 bits per heavy atom. The molecule has 0 aromatic heterocycles. The number of rotatable bonds is 1. The van der Waals surface area contributed by atoms with Gasteiger partial charge in [-0.15, -0.1) is 12.4 Å². The van der Waals surface area contributed by atoms with Gasteiger partial charge in [0.1, 0.15) is 0 Å². The predicted octanol–water partition coefficient (Wildman–Crippen LogP) is 4.18. The summed E-state index contributed by atoms with van der Waals surface area (Å²) < 4.78 is 75.5. The van der Waals surface area contributed by atoms with E-state index < -0.39 is 29.5 Å². The lowest BCUT2D eigenvalue weighted by Crippen LogP contribution is -2.36. The van der Waals surface area contributed by atoms with E-state index in [1.807, 2.05) is 0 Å². The fourth-order valence-corrected chi connectivity index (χ4v) is 1.84. The van der Waals surface area contributed by atoms with Crippen molar-refractivity contribution in [3.63, 3.8) is 0 Å². The molecular weight excluding hydrogens is 296 g/mol. The maximum absolute atomic E-state index is 12.7. The van der Waals surface area contributed by atoms with Crippen LogP contribution in [0.4, 0.5) is 26.3 Å². The van der Waals surface area contributed by atoms with Crippen molar-refractivity contribution < 1.29 is 26.3 Å². The summed E-state index contributed by atoms with van der Waals surface area (Å²) >= 11 is 0. The Labute approximate surface area is 111 Å². The van der Waals surface area contributed by atoms with Gasteiger partial charge in [0.25, 0.3) is 0 Å². The number of hydrogen-bond acceptors (Lipinski definition) is 1. The minimum absolute atomic E-state index is 0. The Bertz CT molecular complexity index is 449. The summed E-state index contributed by atoms with van der Waals surface area (Å²) in [5.74, 6) is 0. The molecule has 19 heavy (non-hydrogen) atoms. The van der Waals surface area contributed by atoms with E-state index in [0.29, 0.717) is 31.2 Å². The fraction of sp³-hybridized carbons (Fsp3) is 0.455. The van der Waals surface area contributed by atoms with Crippen LogP contribution >= 0.6 is 12.4 Å². The highest BCUT2D eigenvalue weighted by molar-refractivity contribution is 5.85. The average Bonchev–Trinajstić information content (AvgIpc) is 2.11. The van der Waals surface area contributed by atoms with Gasteiger partial charge in [-0.25, -0.2) is 0 Å². The normalized spacial score (nSPS) is 19.6. The van der Waals surface area contributed by atoms with Crippen molar-refractivity contribution in [2.45, 2.75) is 24.8 Å². The molecule has 1 atom stereocenters. The molecule has 1 aromatic rings. The van der Waals surface area contributed by atoms with E-state index in [-0.39, 0.29) is 18.0 Å². The van der Waals surface area contributed by atoms with Crippen LogP contribution < -0.4 is 5.32 Å². The maximum atomic E-state index is 12.7. The fourth-order valence-electron chi connectivity index (χ4n) is 1.84.